The number of rotatable bonds is 6. The Kier molecular flexibility index (Phi) is 15.1. The Morgan fingerprint density at radius 2 is 0.788 bits per heavy atom. The van der Waals surface area contributed by atoms with Crippen molar-refractivity contribution in [2.24, 2.45) is 0 Å². The molecule has 5 heteroatoms. The van der Waals surface area contributed by atoms with Gasteiger partial charge in [-0.3, -0.25) is 0 Å². The highest BCUT2D eigenvalue weighted by Gasteiger charge is 2.21. The SMILES string of the molecule is C=CC.CC.CCC.CCC.Fc1ccccc1N(c1ccccc1)c1ccc2cc3c4cccc5c6cc7ccc(N(c8ccccc8)c8ccccc8F)cc7cc6n(c3cc2c1)c45. The van der Waals surface area contributed by atoms with Gasteiger partial charge in [0, 0.05) is 44.3 Å². The number of benzene rings is 9. The number of nitrogens with zero attached hydrogens (tertiary/aromatic N) is 3. The minimum Gasteiger partial charge on any atom is -0.308 e. The number of hydrogen-bond donors (Lipinski definition) is 0. The molecule has 11 rings (SSSR count). The van der Waals surface area contributed by atoms with Gasteiger partial charge in [0.25, 0.3) is 0 Å². The molecule has 66 heavy (non-hydrogen) atoms. The lowest BCUT2D eigenvalue weighted by atomic mass is 10.0. The van der Waals surface area contributed by atoms with Crippen molar-refractivity contribution in [2.75, 3.05) is 9.80 Å². The molecular formula is C61H59F2N3. The van der Waals surface area contributed by atoms with E-state index < -0.39 is 0 Å². The first-order valence-corrected chi connectivity index (χ1v) is 23.2. The highest BCUT2D eigenvalue weighted by Crippen LogP contribution is 2.44. The van der Waals surface area contributed by atoms with E-state index in [2.05, 4.69) is 118 Å². The van der Waals surface area contributed by atoms with Crippen LogP contribution in [0.4, 0.5) is 42.9 Å². The van der Waals surface area contributed by atoms with Gasteiger partial charge >= 0.3 is 0 Å². The summed E-state index contributed by atoms with van der Waals surface area (Å²) in [7, 11) is 0. The first-order valence-electron chi connectivity index (χ1n) is 23.2. The second kappa shape index (κ2) is 21.5. The van der Waals surface area contributed by atoms with Gasteiger partial charge in [0.2, 0.25) is 0 Å². The van der Waals surface area contributed by atoms with Crippen LogP contribution in [0.25, 0.3) is 59.6 Å². The maximum absolute atomic E-state index is 15.4. The summed E-state index contributed by atoms with van der Waals surface area (Å²) in [6.07, 6.45) is 4.25. The van der Waals surface area contributed by atoms with Crippen molar-refractivity contribution in [1.82, 2.24) is 4.40 Å². The maximum Gasteiger partial charge on any atom is 0.147 e. The van der Waals surface area contributed by atoms with E-state index >= 15 is 8.78 Å². The van der Waals surface area contributed by atoms with Crippen molar-refractivity contribution in [3.63, 3.8) is 0 Å². The Labute approximate surface area is 388 Å². The first-order chi connectivity index (χ1) is 32.3. The largest absolute Gasteiger partial charge is 0.308 e. The van der Waals surface area contributed by atoms with Gasteiger partial charge in [0.05, 0.1) is 27.9 Å². The summed E-state index contributed by atoms with van der Waals surface area (Å²) >= 11 is 0. The van der Waals surface area contributed by atoms with Gasteiger partial charge in [-0.25, -0.2) is 8.78 Å². The van der Waals surface area contributed by atoms with Crippen molar-refractivity contribution < 1.29 is 8.78 Å². The van der Waals surface area contributed by atoms with Gasteiger partial charge in [-0.1, -0.05) is 151 Å². The molecule has 9 aromatic carbocycles. The highest BCUT2D eigenvalue weighted by molar-refractivity contribution is 6.26. The summed E-state index contributed by atoms with van der Waals surface area (Å²) in [5, 5.41) is 9.10. The number of anilines is 6. The van der Waals surface area contributed by atoms with Crippen LogP contribution in [-0.4, -0.2) is 4.40 Å². The van der Waals surface area contributed by atoms with Crippen LogP contribution in [0.15, 0.2) is 201 Å². The van der Waals surface area contributed by atoms with Crippen LogP contribution < -0.4 is 9.80 Å². The molecule has 0 amide bonds. The third-order valence-electron chi connectivity index (χ3n) is 10.9. The van der Waals surface area contributed by atoms with Crippen LogP contribution in [-0.2, 0) is 0 Å². The fourth-order valence-electron chi connectivity index (χ4n) is 8.49. The second-order valence-corrected chi connectivity index (χ2v) is 15.9. The number of aromatic nitrogens is 1. The smallest absolute Gasteiger partial charge is 0.147 e. The van der Waals surface area contributed by atoms with Gasteiger partial charge in [0.15, 0.2) is 0 Å². The molecule has 0 aliphatic heterocycles. The highest BCUT2D eigenvalue weighted by atomic mass is 19.1. The molecule has 0 spiro atoms. The van der Waals surface area contributed by atoms with Crippen LogP contribution in [0.3, 0.4) is 0 Å². The second-order valence-electron chi connectivity index (χ2n) is 15.9. The van der Waals surface area contributed by atoms with Gasteiger partial charge in [0.1, 0.15) is 11.6 Å². The molecule has 3 nitrogen and oxygen atoms in total. The first kappa shape index (κ1) is 46.5. The maximum atomic E-state index is 15.4. The Hall–Kier alpha value is -7.50. The minimum atomic E-state index is -0.284. The van der Waals surface area contributed by atoms with Gasteiger partial charge in [-0.05, 0) is 126 Å². The molecule has 0 aliphatic carbocycles. The van der Waals surface area contributed by atoms with E-state index in [0.717, 1.165) is 55.3 Å². The molecule has 0 atom stereocenters. The Bertz CT molecular complexity index is 3120. The molecule has 2 aromatic heterocycles. The molecule has 0 bridgehead atoms. The zero-order valence-corrected chi connectivity index (χ0v) is 39.2. The molecule has 2 heterocycles. The summed E-state index contributed by atoms with van der Waals surface area (Å²) in [6.45, 7) is 17.8. The summed E-state index contributed by atoms with van der Waals surface area (Å²) < 4.78 is 33.2. The third-order valence-corrected chi connectivity index (χ3v) is 10.9. The molecule has 0 unspecified atom stereocenters. The summed E-state index contributed by atoms with van der Waals surface area (Å²) in [5.41, 5.74) is 7.89. The fraction of sp³-hybridized carbons (Fsp3) is 0.148. The van der Waals surface area contributed by atoms with Crippen molar-refractivity contribution >= 4 is 93.8 Å². The average Bonchev–Trinajstić information content (AvgIpc) is 3.84. The monoisotopic (exact) mass is 871 g/mol. The van der Waals surface area contributed by atoms with Crippen LogP contribution in [0.2, 0.25) is 0 Å². The van der Waals surface area contributed by atoms with Crippen molar-refractivity contribution in [1.29, 1.82) is 0 Å². The van der Waals surface area contributed by atoms with E-state index in [9.17, 15) is 0 Å². The molecule has 0 aliphatic rings. The zero-order chi connectivity index (χ0) is 46.7. The van der Waals surface area contributed by atoms with Crippen molar-refractivity contribution in [3.05, 3.63) is 212 Å². The molecule has 0 saturated heterocycles. The van der Waals surface area contributed by atoms with Gasteiger partial charge in [-0.2, -0.15) is 0 Å². The van der Waals surface area contributed by atoms with E-state index in [-0.39, 0.29) is 11.6 Å². The van der Waals surface area contributed by atoms with E-state index in [4.69, 9.17) is 0 Å². The van der Waals surface area contributed by atoms with E-state index in [1.54, 1.807) is 18.2 Å². The standard InChI is InChI=1S/C50H31F2N3.2C3H8.C3H6.C2H6/c51-44-18-7-9-20-46(44)53(36-12-3-1-4-13-36)38-24-22-32-28-42-40-16-11-17-41-43-29-33-23-25-39(54(37-14-5-2-6-15-37)47-21-10-8-19-45(47)52)27-35(33)31-49(43)55(50(40)41)48(42)30-34(32)26-38;3*1-3-2;1-2/h1-31H;2*3H2,1-2H3;3H,1H2,2H3;1-2H3. The van der Waals surface area contributed by atoms with Crippen LogP contribution >= 0.6 is 0 Å². The molecule has 0 radical (unpaired) electrons. The fourth-order valence-corrected chi connectivity index (χ4v) is 8.49. The Morgan fingerprint density at radius 1 is 0.424 bits per heavy atom. The lowest BCUT2D eigenvalue weighted by Crippen LogP contribution is -2.11. The van der Waals surface area contributed by atoms with Crippen molar-refractivity contribution in [2.45, 2.75) is 61.3 Å². The van der Waals surface area contributed by atoms with Crippen LogP contribution in [0, 0.1) is 11.6 Å². The predicted octanol–water partition coefficient (Wildman–Crippen LogP) is 19.4. The lowest BCUT2D eigenvalue weighted by Gasteiger charge is -2.26. The van der Waals surface area contributed by atoms with E-state index in [1.165, 1.54) is 52.0 Å². The number of hydrogen-bond acceptors (Lipinski definition) is 2. The van der Waals surface area contributed by atoms with E-state index in [1.807, 2.05) is 116 Å². The number of fused-ring (bicyclic) bond motifs is 8. The Balaban J connectivity index is 0.000000542. The quantitative estimate of drug-likeness (QED) is 0.154. The average molecular weight is 872 g/mol. The molecule has 0 saturated carbocycles. The van der Waals surface area contributed by atoms with Crippen molar-refractivity contribution in [3.8, 4) is 0 Å². The number of halogens is 2. The minimum absolute atomic E-state index is 0.284. The lowest BCUT2D eigenvalue weighted by molar-refractivity contribution is 0.628. The van der Waals surface area contributed by atoms with Crippen LogP contribution in [0.5, 0.6) is 0 Å². The number of para-hydroxylation sites is 5. The normalized spacial score (nSPS) is 10.7. The zero-order valence-electron chi connectivity index (χ0n) is 39.2. The molecular weight excluding hydrogens is 813 g/mol. The van der Waals surface area contributed by atoms with Gasteiger partial charge in [-0.15, -0.1) is 6.58 Å². The van der Waals surface area contributed by atoms with Crippen LogP contribution in [0.1, 0.15) is 61.3 Å². The summed E-state index contributed by atoms with van der Waals surface area (Å²) in [6, 6.07) is 62.1. The summed E-state index contributed by atoms with van der Waals surface area (Å²) in [4.78, 5) is 3.95. The predicted molar refractivity (Wildman–Crippen MR) is 285 cm³/mol. The molecule has 332 valence electrons. The number of allylic oxidation sites excluding steroid dienone is 1. The molecule has 11 aromatic rings. The topological polar surface area (TPSA) is 10.9 Å². The Morgan fingerprint density at radius 3 is 1.17 bits per heavy atom. The third kappa shape index (κ3) is 9.07. The van der Waals surface area contributed by atoms with Gasteiger partial charge < -0.3 is 14.2 Å². The summed E-state index contributed by atoms with van der Waals surface area (Å²) in [5.74, 6) is -0.568. The molecule has 0 N–H and O–H groups in total. The van der Waals surface area contributed by atoms with E-state index in [0.29, 0.717) is 11.4 Å². The molecule has 0 fully saturated rings.